The summed E-state index contributed by atoms with van der Waals surface area (Å²) in [5.74, 6) is 1.35. The summed E-state index contributed by atoms with van der Waals surface area (Å²) in [4.78, 5) is 4.51. The molecular weight excluding hydrogens is 244 g/mol. The average molecular weight is 268 g/mol. The van der Waals surface area contributed by atoms with Gasteiger partial charge in [-0.1, -0.05) is 27.7 Å². The minimum absolute atomic E-state index is 0.358. The van der Waals surface area contributed by atoms with Crippen LogP contribution in [0.15, 0.2) is 0 Å². The molecule has 1 aromatic rings. The quantitative estimate of drug-likeness (QED) is 0.881. The molecule has 5 heteroatoms. The Bertz CT molecular complexity index is 386. The monoisotopic (exact) mass is 268 g/mol. The van der Waals surface area contributed by atoms with Crippen molar-refractivity contribution in [3.05, 3.63) is 5.82 Å². The van der Waals surface area contributed by atoms with Crippen molar-refractivity contribution in [2.75, 3.05) is 18.4 Å². The highest BCUT2D eigenvalue weighted by molar-refractivity contribution is 7.09. The zero-order valence-electron chi connectivity index (χ0n) is 11.8. The number of piperidine rings is 1. The first kappa shape index (κ1) is 13.7. The Balaban J connectivity index is 1.90. The molecule has 0 radical (unpaired) electrons. The SMILES string of the molecule is CC(C)c1nsc(NCC2NCCCC2(C)C)n1. The summed E-state index contributed by atoms with van der Waals surface area (Å²) in [5.41, 5.74) is 0.358. The highest BCUT2D eigenvalue weighted by Crippen LogP contribution is 2.30. The lowest BCUT2D eigenvalue weighted by Crippen LogP contribution is -2.50. The van der Waals surface area contributed by atoms with E-state index in [0.29, 0.717) is 17.4 Å². The summed E-state index contributed by atoms with van der Waals surface area (Å²) in [6.07, 6.45) is 2.57. The van der Waals surface area contributed by atoms with Gasteiger partial charge in [-0.15, -0.1) is 0 Å². The van der Waals surface area contributed by atoms with Crippen molar-refractivity contribution < 1.29 is 0 Å². The molecule has 1 unspecified atom stereocenters. The van der Waals surface area contributed by atoms with E-state index < -0.39 is 0 Å². The largest absolute Gasteiger partial charge is 0.359 e. The van der Waals surface area contributed by atoms with Crippen molar-refractivity contribution in [2.24, 2.45) is 5.41 Å². The Kier molecular flexibility index (Phi) is 4.22. The average Bonchev–Trinajstić information content (AvgIpc) is 2.76. The predicted octanol–water partition coefficient (Wildman–Crippen LogP) is 2.85. The van der Waals surface area contributed by atoms with Crippen LogP contribution in [-0.2, 0) is 0 Å². The van der Waals surface area contributed by atoms with Crippen molar-refractivity contribution in [2.45, 2.75) is 52.5 Å². The van der Waals surface area contributed by atoms with Crippen molar-refractivity contribution in [1.82, 2.24) is 14.7 Å². The van der Waals surface area contributed by atoms with E-state index in [2.05, 4.69) is 47.7 Å². The van der Waals surface area contributed by atoms with Crippen LogP contribution in [0.2, 0.25) is 0 Å². The lowest BCUT2D eigenvalue weighted by atomic mass is 9.77. The van der Waals surface area contributed by atoms with Crippen LogP contribution in [0.25, 0.3) is 0 Å². The lowest BCUT2D eigenvalue weighted by Gasteiger charge is -2.39. The van der Waals surface area contributed by atoms with E-state index in [0.717, 1.165) is 24.0 Å². The molecule has 0 aliphatic carbocycles. The van der Waals surface area contributed by atoms with Gasteiger partial charge in [0.1, 0.15) is 5.82 Å². The third kappa shape index (κ3) is 3.20. The molecule has 1 saturated heterocycles. The van der Waals surface area contributed by atoms with Gasteiger partial charge in [-0.3, -0.25) is 0 Å². The number of hydrogen-bond donors (Lipinski definition) is 2. The molecule has 0 spiro atoms. The van der Waals surface area contributed by atoms with Crippen LogP contribution < -0.4 is 10.6 Å². The summed E-state index contributed by atoms with van der Waals surface area (Å²) in [5, 5.41) is 7.98. The van der Waals surface area contributed by atoms with E-state index in [1.54, 1.807) is 0 Å². The van der Waals surface area contributed by atoms with Crippen molar-refractivity contribution in [3.63, 3.8) is 0 Å². The second-order valence-corrected chi connectivity index (χ2v) is 6.84. The Labute approximate surface area is 114 Å². The topological polar surface area (TPSA) is 49.8 Å². The molecule has 2 rings (SSSR count). The molecule has 1 aromatic heterocycles. The van der Waals surface area contributed by atoms with E-state index in [4.69, 9.17) is 0 Å². The maximum absolute atomic E-state index is 4.51. The van der Waals surface area contributed by atoms with Gasteiger partial charge in [-0.2, -0.15) is 4.37 Å². The molecule has 102 valence electrons. The number of hydrogen-bond acceptors (Lipinski definition) is 5. The van der Waals surface area contributed by atoms with Gasteiger partial charge < -0.3 is 10.6 Å². The molecule has 0 aromatic carbocycles. The number of rotatable bonds is 4. The first-order chi connectivity index (χ1) is 8.49. The molecule has 2 N–H and O–H groups in total. The van der Waals surface area contributed by atoms with E-state index >= 15 is 0 Å². The zero-order valence-corrected chi connectivity index (χ0v) is 12.6. The number of nitrogens with one attached hydrogen (secondary N) is 2. The summed E-state index contributed by atoms with van der Waals surface area (Å²) in [7, 11) is 0. The molecule has 18 heavy (non-hydrogen) atoms. The van der Waals surface area contributed by atoms with Gasteiger partial charge in [0, 0.05) is 30.0 Å². The molecule has 0 saturated carbocycles. The third-order valence-corrected chi connectivity index (χ3v) is 4.43. The van der Waals surface area contributed by atoms with Crippen LogP contribution in [-0.4, -0.2) is 28.5 Å². The van der Waals surface area contributed by atoms with Crippen LogP contribution in [0.3, 0.4) is 0 Å². The number of nitrogens with zero attached hydrogens (tertiary/aromatic N) is 2. The van der Waals surface area contributed by atoms with Crippen LogP contribution in [0.4, 0.5) is 5.13 Å². The third-order valence-electron chi connectivity index (χ3n) is 3.75. The summed E-state index contributed by atoms with van der Waals surface area (Å²) in [6, 6.07) is 0.512. The van der Waals surface area contributed by atoms with Crippen molar-refractivity contribution in [1.29, 1.82) is 0 Å². The van der Waals surface area contributed by atoms with Gasteiger partial charge >= 0.3 is 0 Å². The Morgan fingerprint density at radius 1 is 1.50 bits per heavy atom. The molecule has 0 amide bonds. The molecule has 2 heterocycles. The van der Waals surface area contributed by atoms with Gasteiger partial charge in [-0.05, 0) is 24.8 Å². The van der Waals surface area contributed by atoms with Crippen molar-refractivity contribution >= 4 is 16.7 Å². The van der Waals surface area contributed by atoms with Crippen LogP contribution in [0.5, 0.6) is 0 Å². The number of anilines is 1. The highest BCUT2D eigenvalue weighted by atomic mass is 32.1. The van der Waals surface area contributed by atoms with Crippen LogP contribution in [0.1, 0.15) is 52.3 Å². The fourth-order valence-electron chi connectivity index (χ4n) is 2.35. The summed E-state index contributed by atoms with van der Waals surface area (Å²) >= 11 is 1.47. The van der Waals surface area contributed by atoms with E-state index in [1.807, 2.05) is 0 Å². The molecule has 1 atom stereocenters. The smallest absolute Gasteiger partial charge is 0.202 e. The minimum atomic E-state index is 0.358. The maximum atomic E-state index is 4.51. The molecular formula is C13H24N4S. The number of aromatic nitrogens is 2. The van der Waals surface area contributed by atoms with E-state index in [1.165, 1.54) is 24.4 Å². The maximum Gasteiger partial charge on any atom is 0.202 e. The first-order valence-electron chi connectivity index (χ1n) is 6.80. The molecule has 1 fully saturated rings. The molecule has 0 bridgehead atoms. The fraction of sp³-hybridized carbons (Fsp3) is 0.846. The van der Waals surface area contributed by atoms with E-state index in [9.17, 15) is 0 Å². The Morgan fingerprint density at radius 3 is 2.89 bits per heavy atom. The zero-order chi connectivity index (χ0) is 13.2. The van der Waals surface area contributed by atoms with Crippen LogP contribution >= 0.6 is 11.5 Å². The lowest BCUT2D eigenvalue weighted by molar-refractivity contribution is 0.188. The summed E-state index contributed by atoms with van der Waals surface area (Å²) in [6.45, 7) is 11.0. The van der Waals surface area contributed by atoms with E-state index in [-0.39, 0.29) is 0 Å². The normalized spacial score (nSPS) is 23.3. The standard InChI is InChI=1S/C13H24N4S/c1-9(2)11-16-12(18-17-11)15-8-10-13(3,4)6-5-7-14-10/h9-10,14H,5-8H2,1-4H3,(H,15,16,17). The van der Waals surface area contributed by atoms with Gasteiger partial charge in [0.15, 0.2) is 0 Å². The summed E-state index contributed by atoms with van der Waals surface area (Å²) < 4.78 is 4.36. The van der Waals surface area contributed by atoms with Gasteiger partial charge in [0.2, 0.25) is 5.13 Å². The van der Waals surface area contributed by atoms with Gasteiger partial charge in [-0.25, -0.2) is 4.98 Å². The minimum Gasteiger partial charge on any atom is -0.359 e. The predicted molar refractivity (Wildman–Crippen MR) is 77.3 cm³/mol. The molecule has 1 aliphatic heterocycles. The molecule has 1 aliphatic rings. The van der Waals surface area contributed by atoms with Gasteiger partial charge in [0.25, 0.3) is 0 Å². The Hall–Kier alpha value is -0.680. The fourth-order valence-corrected chi connectivity index (χ4v) is 3.06. The van der Waals surface area contributed by atoms with Crippen LogP contribution in [0, 0.1) is 5.41 Å². The van der Waals surface area contributed by atoms with Crippen molar-refractivity contribution in [3.8, 4) is 0 Å². The molecule has 4 nitrogen and oxygen atoms in total. The van der Waals surface area contributed by atoms with Gasteiger partial charge in [0.05, 0.1) is 0 Å². The first-order valence-corrected chi connectivity index (χ1v) is 7.57. The highest BCUT2D eigenvalue weighted by Gasteiger charge is 2.31. The second kappa shape index (κ2) is 5.53. The Morgan fingerprint density at radius 2 is 2.28 bits per heavy atom. The second-order valence-electron chi connectivity index (χ2n) is 6.09.